The van der Waals surface area contributed by atoms with Crippen molar-refractivity contribution in [1.82, 2.24) is 5.32 Å². The van der Waals surface area contributed by atoms with E-state index < -0.39 is 49.5 Å². The van der Waals surface area contributed by atoms with Crippen LogP contribution in [0.4, 0.5) is 0 Å². The van der Waals surface area contributed by atoms with Gasteiger partial charge in [0.25, 0.3) is 0 Å². The highest BCUT2D eigenvalue weighted by Crippen LogP contribution is 2.23. The van der Waals surface area contributed by atoms with Crippen molar-refractivity contribution in [2.24, 2.45) is 0 Å². The molecule has 1 fully saturated rings. The number of allylic oxidation sites excluding steroid dienone is 14. The minimum absolute atomic E-state index is 0.167. The molecular formula is C49H83NO8. The average molecular weight is 814 g/mol. The van der Waals surface area contributed by atoms with Gasteiger partial charge in [-0.25, -0.2) is 0 Å². The standard InChI is InChI=1S/C49H83NO8/c1-3-5-7-9-11-13-15-17-18-19-20-21-22-23-24-25-26-27-29-31-33-35-37-39-45(53)50-42(41-57-49-48(56)47(55)46(54)44(40-51)58-49)43(52)38-36-34-32-30-28-16-14-12-10-8-6-4-2/h5,7,11,13,17-18,20-21,23-24,26-27,31,33,42-44,46-49,51-52,54-56H,3-4,6,8-10,12,14-16,19,22,25,28-30,32,34-41H2,1-2H3,(H,50,53)/b7-5-,13-11-,18-17-,21-20-,24-23-,27-26-,33-31-. The van der Waals surface area contributed by atoms with Gasteiger partial charge in [0.1, 0.15) is 24.4 Å². The molecule has 0 bridgehead atoms. The number of aliphatic hydroxyl groups excluding tert-OH is 5. The highest BCUT2D eigenvalue weighted by atomic mass is 16.7. The van der Waals surface area contributed by atoms with Gasteiger partial charge in [0, 0.05) is 6.42 Å². The van der Waals surface area contributed by atoms with Gasteiger partial charge in [-0.15, -0.1) is 0 Å². The van der Waals surface area contributed by atoms with E-state index in [4.69, 9.17) is 9.47 Å². The zero-order valence-corrected chi connectivity index (χ0v) is 36.3. The molecule has 0 aromatic carbocycles. The number of hydrogen-bond acceptors (Lipinski definition) is 8. The van der Waals surface area contributed by atoms with Crippen molar-refractivity contribution in [1.29, 1.82) is 0 Å². The summed E-state index contributed by atoms with van der Waals surface area (Å²) >= 11 is 0. The van der Waals surface area contributed by atoms with Crippen molar-refractivity contribution in [3.8, 4) is 0 Å². The smallest absolute Gasteiger partial charge is 0.220 e. The van der Waals surface area contributed by atoms with Crippen LogP contribution in [0.1, 0.15) is 162 Å². The molecule has 58 heavy (non-hydrogen) atoms. The zero-order valence-electron chi connectivity index (χ0n) is 36.3. The van der Waals surface area contributed by atoms with Crippen LogP contribution >= 0.6 is 0 Å². The number of hydrogen-bond donors (Lipinski definition) is 6. The van der Waals surface area contributed by atoms with Crippen LogP contribution in [0.3, 0.4) is 0 Å². The molecule has 7 atom stereocenters. The van der Waals surface area contributed by atoms with Crippen LogP contribution in [0.2, 0.25) is 0 Å². The Morgan fingerprint density at radius 2 is 1.05 bits per heavy atom. The van der Waals surface area contributed by atoms with Crippen molar-refractivity contribution in [2.45, 2.75) is 204 Å². The van der Waals surface area contributed by atoms with E-state index in [-0.39, 0.29) is 18.9 Å². The van der Waals surface area contributed by atoms with Gasteiger partial charge in [0.2, 0.25) is 5.91 Å². The molecule has 0 aromatic heterocycles. The second-order valence-electron chi connectivity index (χ2n) is 15.5. The normalized spacial score (nSPS) is 21.7. The lowest BCUT2D eigenvalue weighted by Crippen LogP contribution is -2.60. The zero-order chi connectivity index (χ0) is 42.3. The Balaban J connectivity index is 2.38. The maximum Gasteiger partial charge on any atom is 0.220 e. The third-order valence-corrected chi connectivity index (χ3v) is 10.3. The average Bonchev–Trinajstić information content (AvgIpc) is 3.22. The number of amides is 1. The molecule has 9 nitrogen and oxygen atoms in total. The van der Waals surface area contributed by atoms with Crippen molar-refractivity contribution in [3.05, 3.63) is 85.1 Å². The topological polar surface area (TPSA) is 149 Å². The third kappa shape index (κ3) is 28.7. The van der Waals surface area contributed by atoms with Crippen molar-refractivity contribution in [2.75, 3.05) is 13.2 Å². The Morgan fingerprint density at radius 3 is 1.52 bits per heavy atom. The van der Waals surface area contributed by atoms with E-state index in [0.717, 1.165) is 70.6 Å². The third-order valence-electron chi connectivity index (χ3n) is 10.3. The van der Waals surface area contributed by atoms with Crippen LogP contribution in [-0.4, -0.2) is 87.5 Å². The summed E-state index contributed by atoms with van der Waals surface area (Å²) in [5, 5.41) is 54.2. The van der Waals surface area contributed by atoms with Crippen LogP contribution in [-0.2, 0) is 14.3 Å². The number of unbranched alkanes of at least 4 members (excludes halogenated alkanes) is 12. The highest BCUT2D eigenvalue weighted by molar-refractivity contribution is 5.76. The first-order valence-corrected chi connectivity index (χ1v) is 22.8. The molecule has 1 amide bonds. The maximum absolute atomic E-state index is 12.9. The van der Waals surface area contributed by atoms with Gasteiger partial charge in [-0.2, -0.15) is 0 Å². The van der Waals surface area contributed by atoms with Gasteiger partial charge < -0.3 is 40.3 Å². The molecule has 0 aromatic rings. The predicted molar refractivity (Wildman–Crippen MR) is 239 cm³/mol. The predicted octanol–water partition coefficient (Wildman–Crippen LogP) is 9.55. The molecule has 0 aliphatic carbocycles. The largest absolute Gasteiger partial charge is 0.394 e. The molecule has 6 N–H and O–H groups in total. The van der Waals surface area contributed by atoms with E-state index in [2.05, 4.69) is 104 Å². The Labute approximate surface area is 352 Å². The number of nitrogens with one attached hydrogen (secondary N) is 1. The van der Waals surface area contributed by atoms with Crippen LogP contribution in [0, 0.1) is 0 Å². The van der Waals surface area contributed by atoms with Gasteiger partial charge in [-0.3, -0.25) is 4.79 Å². The summed E-state index contributed by atoms with van der Waals surface area (Å²) in [6.45, 7) is 3.65. The lowest BCUT2D eigenvalue weighted by Gasteiger charge is -2.40. The van der Waals surface area contributed by atoms with Crippen molar-refractivity contribution in [3.63, 3.8) is 0 Å². The Bertz CT molecular complexity index is 1180. The van der Waals surface area contributed by atoms with E-state index in [1.807, 2.05) is 0 Å². The molecule has 9 heteroatoms. The van der Waals surface area contributed by atoms with Gasteiger partial charge in [0.15, 0.2) is 6.29 Å². The summed E-state index contributed by atoms with van der Waals surface area (Å²) in [5.74, 6) is -0.207. The Morgan fingerprint density at radius 1 is 0.603 bits per heavy atom. The molecular weight excluding hydrogens is 731 g/mol. The molecule has 1 saturated heterocycles. The molecule has 1 heterocycles. The summed E-state index contributed by atoms with van der Waals surface area (Å²) in [5.41, 5.74) is 0. The fourth-order valence-electron chi connectivity index (χ4n) is 6.62. The second kappa shape index (κ2) is 38.6. The molecule has 1 aliphatic rings. The first-order chi connectivity index (χ1) is 28.3. The van der Waals surface area contributed by atoms with Gasteiger partial charge in [0.05, 0.1) is 25.4 Å². The number of carbonyl (C=O) groups excluding carboxylic acids is 1. The molecule has 0 saturated carbocycles. The van der Waals surface area contributed by atoms with Crippen LogP contribution in [0.5, 0.6) is 0 Å². The van der Waals surface area contributed by atoms with Crippen LogP contribution < -0.4 is 5.32 Å². The first-order valence-electron chi connectivity index (χ1n) is 22.8. The van der Waals surface area contributed by atoms with Crippen molar-refractivity contribution < 1.29 is 39.8 Å². The first kappa shape index (κ1) is 53.4. The van der Waals surface area contributed by atoms with E-state index in [1.165, 1.54) is 57.8 Å². The van der Waals surface area contributed by atoms with E-state index >= 15 is 0 Å². The number of ether oxygens (including phenoxy) is 2. The lowest BCUT2D eigenvalue weighted by molar-refractivity contribution is -0.302. The summed E-state index contributed by atoms with van der Waals surface area (Å²) in [7, 11) is 0. The summed E-state index contributed by atoms with van der Waals surface area (Å²) in [4.78, 5) is 12.9. The lowest BCUT2D eigenvalue weighted by atomic mass is 9.99. The fraction of sp³-hybridized carbons (Fsp3) is 0.694. The molecule has 0 spiro atoms. The fourth-order valence-corrected chi connectivity index (χ4v) is 6.62. The highest BCUT2D eigenvalue weighted by Gasteiger charge is 2.44. The van der Waals surface area contributed by atoms with Gasteiger partial charge in [-0.1, -0.05) is 176 Å². The molecule has 7 unspecified atom stereocenters. The monoisotopic (exact) mass is 814 g/mol. The SMILES string of the molecule is CC/C=C\C/C=C\C/C=C\C/C=C\C/C=C\C/C=C\C/C=C\CCCC(=O)NC(COC1OC(CO)C(O)C(O)C1O)C(O)CCCCCCCCCCCCCC. The van der Waals surface area contributed by atoms with Gasteiger partial charge >= 0.3 is 0 Å². The number of rotatable bonds is 36. The van der Waals surface area contributed by atoms with E-state index in [9.17, 15) is 30.3 Å². The Kier molecular flexibility index (Phi) is 35.5. The molecule has 332 valence electrons. The maximum atomic E-state index is 12.9. The summed E-state index contributed by atoms with van der Waals surface area (Å²) < 4.78 is 11.2. The molecule has 1 aliphatic heterocycles. The Hall–Kier alpha value is -2.63. The molecule has 1 rings (SSSR count). The van der Waals surface area contributed by atoms with Crippen molar-refractivity contribution >= 4 is 5.91 Å². The summed E-state index contributed by atoms with van der Waals surface area (Å²) in [6, 6.07) is -0.753. The number of carbonyl (C=O) groups is 1. The van der Waals surface area contributed by atoms with Crippen LogP contribution in [0.25, 0.3) is 0 Å². The minimum Gasteiger partial charge on any atom is -0.394 e. The van der Waals surface area contributed by atoms with Gasteiger partial charge in [-0.05, 0) is 64.2 Å². The quantitative estimate of drug-likeness (QED) is 0.0271. The van der Waals surface area contributed by atoms with Crippen LogP contribution in [0.15, 0.2) is 85.1 Å². The molecule has 0 radical (unpaired) electrons. The summed E-state index contributed by atoms with van der Waals surface area (Å²) in [6.07, 6.45) is 45.9. The van der Waals surface area contributed by atoms with E-state index in [1.54, 1.807) is 0 Å². The second-order valence-corrected chi connectivity index (χ2v) is 15.5. The van der Waals surface area contributed by atoms with E-state index in [0.29, 0.717) is 12.8 Å². The minimum atomic E-state index is -1.57. The number of aliphatic hydroxyl groups is 5.